The first-order valence-corrected chi connectivity index (χ1v) is 10.7. The number of nitrogens with one attached hydrogen (secondary N) is 1. The van der Waals surface area contributed by atoms with Gasteiger partial charge in [0, 0.05) is 0 Å². The molecular weight excluding hydrogens is 372 g/mol. The minimum Gasteiger partial charge on any atom is -0.736 e. The van der Waals surface area contributed by atoms with Crippen LogP contribution in [0.1, 0.15) is 49.0 Å². The maximum Gasteiger partial charge on any atom is 0.330 e. The molecular formula is C13H40N4O6S2. The molecule has 0 heterocycles. The summed E-state index contributed by atoms with van der Waals surface area (Å²) in [6, 6.07) is 0. The van der Waals surface area contributed by atoms with Crippen LogP contribution in [-0.2, 0) is 20.6 Å². The molecule has 0 unspecified atom stereocenters. The van der Waals surface area contributed by atoms with Gasteiger partial charge in [-0.2, -0.15) is 8.42 Å². The zero-order chi connectivity index (χ0) is 20.4. The molecule has 25 heavy (non-hydrogen) atoms. The number of hydrogen-bond donors (Lipinski definition) is 4. The Hall–Kier alpha value is -0.340. The lowest BCUT2D eigenvalue weighted by Crippen LogP contribution is -3.11. The summed E-state index contributed by atoms with van der Waals surface area (Å²) in [6.45, 7) is 20.6. The van der Waals surface area contributed by atoms with Crippen molar-refractivity contribution in [3.63, 3.8) is 0 Å². The summed E-state index contributed by atoms with van der Waals surface area (Å²) in [5.41, 5.74) is 0. The van der Waals surface area contributed by atoms with Crippen LogP contribution in [0.15, 0.2) is 0 Å². The van der Waals surface area contributed by atoms with E-state index in [0.29, 0.717) is 0 Å². The van der Waals surface area contributed by atoms with Crippen molar-refractivity contribution in [2.24, 2.45) is 10.3 Å². The fraction of sp³-hybridized carbons (Fsp3) is 1.00. The largest absolute Gasteiger partial charge is 0.736 e. The second-order valence-corrected chi connectivity index (χ2v) is 6.45. The lowest BCUT2D eigenvalue weighted by atomic mass is 10.5. The van der Waals surface area contributed by atoms with E-state index in [0.717, 1.165) is 0 Å². The molecule has 0 amide bonds. The molecule has 160 valence electrons. The van der Waals surface area contributed by atoms with Gasteiger partial charge in [-0.1, -0.05) is 28.2 Å². The first kappa shape index (κ1) is 35.7. The predicted octanol–water partition coefficient (Wildman–Crippen LogP) is -0.932. The van der Waals surface area contributed by atoms with Gasteiger partial charge in [-0.05, 0) is 40.4 Å². The summed E-state index contributed by atoms with van der Waals surface area (Å²) < 4.78 is 51.8. The lowest BCUT2D eigenvalue weighted by Gasteiger charge is -2.13. The van der Waals surface area contributed by atoms with Gasteiger partial charge in [-0.3, -0.25) is 4.55 Å². The third-order valence-corrected chi connectivity index (χ3v) is 2.84. The molecule has 0 saturated carbocycles. The molecule has 0 aromatic rings. The van der Waals surface area contributed by atoms with Gasteiger partial charge >= 0.3 is 10.3 Å². The molecule has 0 aliphatic heterocycles. The molecule has 0 aromatic heterocycles. The molecule has 10 nitrogen and oxygen atoms in total. The highest BCUT2D eigenvalue weighted by Gasteiger charge is 1.93. The normalized spacial score (nSPS) is 10.4. The van der Waals surface area contributed by atoms with Crippen LogP contribution in [-0.4, -0.2) is 70.1 Å². The zero-order valence-corrected chi connectivity index (χ0v) is 17.3. The van der Waals surface area contributed by atoms with Crippen molar-refractivity contribution >= 4 is 20.6 Å². The van der Waals surface area contributed by atoms with E-state index in [2.05, 4.69) is 56.7 Å². The molecule has 0 aliphatic carbocycles. The Morgan fingerprint density at radius 3 is 1.00 bits per heavy atom. The smallest absolute Gasteiger partial charge is 0.330 e. The van der Waals surface area contributed by atoms with E-state index in [1.165, 1.54) is 39.3 Å². The maximum atomic E-state index is 8.97. The molecule has 0 radical (unpaired) electrons. The van der Waals surface area contributed by atoms with Gasteiger partial charge in [0.05, 0.1) is 19.6 Å². The van der Waals surface area contributed by atoms with Crippen LogP contribution in [0.2, 0.25) is 0 Å². The van der Waals surface area contributed by atoms with E-state index in [1.54, 1.807) is 4.90 Å². The number of nitrogens with zero attached hydrogens (tertiary/aromatic N) is 1. The van der Waals surface area contributed by atoms with E-state index in [9.17, 15) is 0 Å². The Morgan fingerprint density at radius 2 is 1.00 bits per heavy atom. The molecule has 0 atom stereocenters. The van der Waals surface area contributed by atoms with Gasteiger partial charge in [0.15, 0.2) is 10.3 Å². The standard InChI is InChI=1S/2C6H15N.CH4.2H3NO3S/c2*1-4-7(5-2)6-3;;2*1-5(2,3)4/h2*4-6H2,1-3H3;1H4;2*(H3,1,2,3,4). The Balaban J connectivity index is -0.0000000711. The fourth-order valence-corrected chi connectivity index (χ4v) is 1.42. The second-order valence-electron chi connectivity index (χ2n) is 4.44. The highest BCUT2D eigenvalue weighted by atomic mass is 32.2. The highest BCUT2D eigenvalue weighted by molar-refractivity contribution is 7.83. The average Bonchev–Trinajstić information content (AvgIpc) is 2.40. The quantitative estimate of drug-likeness (QED) is 0.408. The summed E-state index contributed by atoms with van der Waals surface area (Å²) in [6.07, 6.45) is 0. The Labute approximate surface area is 155 Å². The Kier molecular flexibility index (Phi) is 31.0. The van der Waals surface area contributed by atoms with Crippen molar-refractivity contribution in [2.45, 2.75) is 49.0 Å². The van der Waals surface area contributed by atoms with Crippen molar-refractivity contribution in [1.29, 1.82) is 0 Å². The molecule has 0 bridgehead atoms. The first-order valence-electron chi connectivity index (χ1n) is 7.74. The minimum absolute atomic E-state index is 0. The molecule has 0 saturated heterocycles. The van der Waals surface area contributed by atoms with Crippen molar-refractivity contribution in [2.75, 3.05) is 39.3 Å². The van der Waals surface area contributed by atoms with Gasteiger partial charge in [-0.15, -0.1) is 0 Å². The molecule has 0 rings (SSSR count). The lowest BCUT2D eigenvalue weighted by molar-refractivity contribution is -0.894. The highest BCUT2D eigenvalue weighted by Crippen LogP contribution is 1.81. The van der Waals surface area contributed by atoms with Crippen LogP contribution in [0.25, 0.3) is 0 Å². The van der Waals surface area contributed by atoms with Gasteiger partial charge in [0.25, 0.3) is 0 Å². The number of rotatable bonds is 6. The van der Waals surface area contributed by atoms with Crippen LogP contribution in [0.4, 0.5) is 0 Å². The van der Waals surface area contributed by atoms with Crippen molar-refractivity contribution < 1.29 is 30.8 Å². The Bertz CT molecular complexity index is 366. The van der Waals surface area contributed by atoms with Crippen LogP contribution in [0.3, 0.4) is 0 Å². The fourth-order valence-electron chi connectivity index (χ4n) is 1.42. The summed E-state index contributed by atoms with van der Waals surface area (Å²) in [5, 5.41) is 7.65. The van der Waals surface area contributed by atoms with Crippen molar-refractivity contribution in [3.05, 3.63) is 0 Å². The zero-order valence-electron chi connectivity index (χ0n) is 15.6. The number of nitrogens with two attached hydrogens (primary N) is 2. The maximum absolute atomic E-state index is 8.97. The van der Waals surface area contributed by atoms with Gasteiger partial charge < -0.3 is 14.4 Å². The summed E-state index contributed by atoms with van der Waals surface area (Å²) in [7, 11) is -8.58. The van der Waals surface area contributed by atoms with Crippen LogP contribution >= 0.6 is 0 Å². The van der Waals surface area contributed by atoms with E-state index < -0.39 is 20.6 Å². The average molecular weight is 413 g/mol. The topological polar surface area (TPSA) is 171 Å². The SMILES string of the molecule is C.CCN(CC)CC.CC[NH+](CC)CC.NS(=O)(=O)O.NS(=O)(=O)[O-]. The van der Waals surface area contributed by atoms with E-state index >= 15 is 0 Å². The number of quaternary nitrogens is 1. The summed E-state index contributed by atoms with van der Waals surface area (Å²) >= 11 is 0. The molecule has 0 spiro atoms. The minimum atomic E-state index is -4.42. The molecule has 0 aliphatic rings. The molecule has 0 fully saturated rings. The second kappa shape index (κ2) is 21.7. The molecule has 6 N–H and O–H groups in total. The first-order chi connectivity index (χ1) is 10.7. The van der Waals surface area contributed by atoms with Gasteiger partial charge in [0.2, 0.25) is 0 Å². The summed E-state index contributed by atoms with van der Waals surface area (Å²) in [4.78, 5) is 4.06. The monoisotopic (exact) mass is 412 g/mol. The molecule has 12 heteroatoms. The summed E-state index contributed by atoms with van der Waals surface area (Å²) in [5.74, 6) is 0. The van der Waals surface area contributed by atoms with Gasteiger partial charge in [-0.25, -0.2) is 18.7 Å². The van der Waals surface area contributed by atoms with E-state index in [-0.39, 0.29) is 7.43 Å². The Morgan fingerprint density at radius 1 is 0.840 bits per heavy atom. The molecule has 0 aromatic carbocycles. The van der Waals surface area contributed by atoms with Crippen LogP contribution in [0, 0.1) is 0 Å². The van der Waals surface area contributed by atoms with Crippen LogP contribution < -0.4 is 15.2 Å². The van der Waals surface area contributed by atoms with Gasteiger partial charge in [0.1, 0.15) is 0 Å². The van der Waals surface area contributed by atoms with E-state index in [4.69, 9.17) is 25.9 Å². The number of hydrogen-bond acceptors (Lipinski definition) is 6. The van der Waals surface area contributed by atoms with E-state index in [1.807, 2.05) is 0 Å². The van der Waals surface area contributed by atoms with Crippen molar-refractivity contribution in [1.82, 2.24) is 4.90 Å². The predicted molar refractivity (Wildman–Crippen MR) is 102 cm³/mol. The van der Waals surface area contributed by atoms with Crippen molar-refractivity contribution in [3.8, 4) is 0 Å². The third-order valence-electron chi connectivity index (χ3n) is 2.84. The third kappa shape index (κ3) is 81.6. The van der Waals surface area contributed by atoms with Crippen LogP contribution in [0.5, 0.6) is 0 Å².